The third-order valence-electron chi connectivity index (χ3n) is 2.96. The van der Waals surface area contributed by atoms with Crippen LogP contribution in [0.25, 0.3) is 10.9 Å². The van der Waals surface area contributed by atoms with Crippen molar-refractivity contribution in [2.45, 2.75) is 12.8 Å². The highest BCUT2D eigenvalue weighted by molar-refractivity contribution is 6.04. The molecule has 1 saturated heterocycles. The lowest BCUT2D eigenvalue weighted by Gasteiger charge is -2.13. The first-order chi connectivity index (χ1) is 7.86. The van der Waals surface area contributed by atoms with Crippen molar-refractivity contribution < 1.29 is 4.79 Å². The van der Waals surface area contributed by atoms with Crippen LogP contribution in [0.15, 0.2) is 18.5 Å². The van der Waals surface area contributed by atoms with Gasteiger partial charge in [-0.15, -0.1) is 0 Å². The normalized spacial score (nSPS) is 15.9. The number of fused-ring (bicyclic) bond motifs is 1. The quantitative estimate of drug-likeness (QED) is 0.779. The number of H-pyrrole nitrogens is 1. The minimum absolute atomic E-state index is 0.0109. The molecule has 0 spiro atoms. The summed E-state index contributed by atoms with van der Waals surface area (Å²) < 4.78 is 0. The van der Waals surface area contributed by atoms with Gasteiger partial charge in [-0.3, -0.25) is 14.9 Å². The Morgan fingerprint density at radius 1 is 1.38 bits per heavy atom. The van der Waals surface area contributed by atoms with Gasteiger partial charge in [0, 0.05) is 25.5 Å². The molecule has 0 bridgehead atoms. The van der Waals surface area contributed by atoms with E-state index >= 15 is 0 Å². The molecule has 5 nitrogen and oxygen atoms in total. The molecule has 0 aliphatic carbocycles. The maximum absolute atomic E-state index is 12.1. The topological polar surface area (TPSA) is 61.9 Å². The zero-order valence-corrected chi connectivity index (χ0v) is 8.81. The number of carbonyl (C=O) groups excluding carboxylic acids is 1. The maximum atomic E-state index is 12.1. The lowest BCUT2D eigenvalue weighted by Crippen LogP contribution is -2.28. The average molecular weight is 216 g/mol. The number of aromatic nitrogens is 3. The SMILES string of the molecule is O=C(c1n[nH]c2ccncc12)N1CCCC1. The number of hydrogen-bond donors (Lipinski definition) is 1. The largest absolute Gasteiger partial charge is 0.337 e. The van der Waals surface area contributed by atoms with Crippen molar-refractivity contribution in [1.82, 2.24) is 20.1 Å². The first kappa shape index (κ1) is 9.33. The van der Waals surface area contributed by atoms with Gasteiger partial charge < -0.3 is 4.90 Å². The summed E-state index contributed by atoms with van der Waals surface area (Å²) in [4.78, 5) is 18.0. The number of nitrogens with one attached hydrogen (secondary N) is 1. The molecule has 0 radical (unpaired) electrons. The molecule has 5 heteroatoms. The Morgan fingerprint density at radius 3 is 3.00 bits per heavy atom. The molecule has 0 atom stereocenters. The van der Waals surface area contributed by atoms with Crippen molar-refractivity contribution in [2.24, 2.45) is 0 Å². The highest BCUT2D eigenvalue weighted by Gasteiger charge is 2.23. The standard InChI is InChI=1S/C11H12N4O/c16-11(15-5-1-2-6-15)10-8-7-12-4-3-9(8)13-14-10/h3-4,7H,1-2,5-6H2,(H,13,14). The zero-order valence-electron chi connectivity index (χ0n) is 8.81. The Kier molecular flexibility index (Phi) is 2.09. The average Bonchev–Trinajstić information content (AvgIpc) is 2.98. The van der Waals surface area contributed by atoms with Crippen molar-refractivity contribution in [2.75, 3.05) is 13.1 Å². The van der Waals surface area contributed by atoms with E-state index in [1.165, 1.54) is 0 Å². The van der Waals surface area contributed by atoms with Crippen LogP contribution in [-0.2, 0) is 0 Å². The molecule has 0 aromatic carbocycles. The second kappa shape index (κ2) is 3.59. The van der Waals surface area contributed by atoms with Gasteiger partial charge in [-0.05, 0) is 18.9 Å². The van der Waals surface area contributed by atoms with Crippen molar-refractivity contribution in [1.29, 1.82) is 0 Å². The zero-order chi connectivity index (χ0) is 11.0. The molecule has 0 saturated carbocycles. The van der Waals surface area contributed by atoms with Crippen LogP contribution in [0, 0.1) is 0 Å². The molecule has 3 heterocycles. The van der Waals surface area contributed by atoms with Gasteiger partial charge in [-0.2, -0.15) is 5.10 Å². The van der Waals surface area contributed by atoms with Crippen LogP contribution < -0.4 is 0 Å². The Hall–Kier alpha value is -1.91. The van der Waals surface area contributed by atoms with E-state index in [4.69, 9.17) is 0 Å². The highest BCUT2D eigenvalue weighted by Crippen LogP contribution is 2.18. The molecule has 0 unspecified atom stereocenters. The number of rotatable bonds is 1. The molecule has 3 rings (SSSR count). The lowest BCUT2D eigenvalue weighted by atomic mass is 10.2. The number of amides is 1. The fraction of sp³-hybridized carbons (Fsp3) is 0.364. The minimum atomic E-state index is 0.0109. The molecule has 2 aromatic heterocycles. The first-order valence-corrected chi connectivity index (χ1v) is 5.43. The Bertz CT molecular complexity index is 528. The van der Waals surface area contributed by atoms with Gasteiger partial charge in [-0.1, -0.05) is 0 Å². The second-order valence-corrected chi connectivity index (χ2v) is 3.99. The molecule has 1 N–H and O–H groups in total. The summed E-state index contributed by atoms with van der Waals surface area (Å²) in [5, 5.41) is 7.74. The second-order valence-electron chi connectivity index (χ2n) is 3.99. The van der Waals surface area contributed by atoms with Crippen molar-refractivity contribution in [3.63, 3.8) is 0 Å². The smallest absolute Gasteiger partial charge is 0.275 e. The van der Waals surface area contributed by atoms with Crippen LogP contribution >= 0.6 is 0 Å². The van der Waals surface area contributed by atoms with Crippen LogP contribution in [0.4, 0.5) is 0 Å². The number of hydrogen-bond acceptors (Lipinski definition) is 3. The van der Waals surface area contributed by atoms with E-state index in [2.05, 4.69) is 15.2 Å². The Labute approximate surface area is 92.5 Å². The van der Waals surface area contributed by atoms with Gasteiger partial charge in [0.15, 0.2) is 5.69 Å². The van der Waals surface area contributed by atoms with Crippen LogP contribution in [0.2, 0.25) is 0 Å². The minimum Gasteiger partial charge on any atom is -0.337 e. The first-order valence-electron chi connectivity index (χ1n) is 5.43. The fourth-order valence-electron chi connectivity index (χ4n) is 2.09. The Balaban J connectivity index is 2.02. The predicted octanol–water partition coefficient (Wildman–Crippen LogP) is 1.19. The summed E-state index contributed by atoms with van der Waals surface area (Å²) in [7, 11) is 0. The molecule has 82 valence electrons. The van der Waals surface area contributed by atoms with E-state index in [0.29, 0.717) is 5.69 Å². The monoisotopic (exact) mass is 216 g/mol. The van der Waals surface area contributed by atoms with E-state index in [1.807, 2.05) is 11.0 Å². The molecular weight excluding hydrogens is 204 g/mol. The number of nitrogens with zero attached hydrogens (tertiary/aromatic N) is 3. The van der Waals surface area contributed by atoms with E-state index in [0.717, 1.165) is 36.8 Å². The van der Waals surface area contributed by atoms with E-state index in [-0.39, 0.29) is 5.91 Å². The number of likely N-dealkylation sites (tertiary alicyclic amines) is 1. The van der Waals surface area contributed by atoms with E-state index < -0.39 is 0 Å². The number of carbonyl (C=O) groups is 1. The molecular formula is C11H12N4O. The summed E-state index contributed by atoms with van der Waals surface area (Å²) >= 11 is 0. The molecule has 1 fully saturated rings. The van der Waals surface area contributed by atoms with Crippen LogP contribution in [0.3, 0.4) is 0 Å². The van der Waals surface area contributed by atoms with Crippen LogP contribution in [0.5, 0.6) is 0 Å². The summed E-state index contributed by atoms with van der Waals surface area (Å²) in [6.07, 6.45) is 5.55. The molecule has 2 aromatic rings. The molecule has 1 amide bonds. The van der Waals surface area contributed by atoms with E-state index in [9.17, 15) is 4.79 Å². The number of aromatic amines is 1. The van der Waals surface area contributed by atoms with Gasteiger partial charge in [-0.25, -0.2) is 0 Å². The third-order valence-corrected chi connectivity index (χ3v) is 2.96. The maximum Gasteiger partial charge on any atom is 0.275 e. The van der Waals surface area contributed by atoms with Crippen molar-refractivity contribution in [3.8, 4) is 0 Å². The summed E-state index contributed by atoms with van der Waals surface area (Å²) in [6.45, 7) is 1.68. The highest BCUT2D eigenvalue weighted by atomic mass is 16.2. The predicted molar refractivity (Wildman–Crippen MR) is 59.0 cm³/mol. The van der Waals surface area contributed by atoms with Crippen molar-refractivity contribution in [3.05, 3.63) is 24.2 Å². The van der Waals surface area contributed by atoms with Gasteiger partial charge in [0.05, 0.1) is 10.9 Å². The Morgan fingerprint density at radius 2 is 2.19 bits per heavy atom. The summed E-state index contributed by atoms with van der Waals surface area (Å²) in [6, 6.07) is 1.82. The third kappa shape index (κ3) is 1.36. The number of pyridine rings is 1. The fourth-order valence-corrected chi connectivity index (χ4v) is 2.09. The van der Waals surface area contributed by atoms with Gasteiger partial charge in [0.2, 0.25) is 0 Å². The van der Waals surface area contributed by atoms with Gasteiger partial charge >= 0.3 is 0 Å². The molecule has 1 aliphatic rings. The van der Waals surface area contributed by atoms with Crippen LogP contribution in [-0.4, -0.2) is 39.1 Å². The lowest BCUT2D eigenvalue weighted by molar-refractivity contribution is 0.0789. The van der Waals surface area contributed by atoms with E-state index in [1.54, 1.807) is 12.4 Å². The molecule has 16 heavy (non-hydrogen) atoms. The van der Waals surface area contributed by atoms with Crippen LogP contribution in [0.1, 0.15) is 23.3 Å². The van der Waals surface area contributed by atoms with Crippen molar-refractivity contribution >= 4 is 16.8 Å². The van der Waals surface area contributed by atoms with Gasteiger partial charge in [0.1, 0.15) is 0 Å². The summed E-state index contributed by atoms with van der Waals surface area (Å²) in [5.74, 6) is 0.0109. The summed E-state index contributed by atoms with van der Waals surface area (Å²) in [5.41, 5.74) is 1.35. The van der Waals surface area contributed by atoms with Gasteiger partial charge in [0.25, 0.3) is 5.91 Å². The molecule has 1 aliphatic heterocycles.